The van der Waals surface area contributed by atoms with Crippen molar-refractivity contribution in [3.05, 3.63) is 236 Å². The van der Waals surface area contributed by atoms with Crippen LogP contribution in [0, 0.1) is 19.0 Å². The van der Waals surface area contributed by atoms with Gasteiger partial charge in [0.2, 0.25) is 5.71 Å². The normalized spacial score (nSPS) is 12.1. The Morgan fingerprint density at radius 1 is 0.571 bits per heavy atom. The van der Waals surface area contributed by atoms with Crippen molar-refractivity contribution in [1.82, 2.24) is 19.5 Å². The molecule has 4 aromatic heterocycles. The van der Waals surface area contributed by atoms with Gasteiger partial charge in [0.25, 0.3) is 0 Å². The van der Waals surface area contributed by atoms with Crippen LogP contribution in [0.4, 0.5) is 0 Å². The Bertz CT molecular complexity index is 3880. The molecule has 0 N–H and O–H groups in total. The average Bonchev–Trinajstić information content (AvgIpc) is 4.00. The van der Waals surface area contributed by atoms with Crippen molar-refractivity contribution < 1.29 is 28.6 Å². The average molecular weight is 1140 g/mol. The molecule has 12 rings (SSSR count). The summed E-state index contributed by atoms with van der Waals surface area (Å²) in [7, 11) is 0. The van der Waals surface area contributed by atoms with Crippen molar-refractivity contribution in [3.63, 3.8) is 0 Å². The van der Waals surface area contributed by atoms with E-state index in [9.17, 15) is 0 Å². The van der Waals surface area contributed by atoms with Crippen molar-refractivity contribution >= 4 is 50.8 Å². The maximum Gasteiger partial charge on any atom is 0 e. The molecule has 7 heteroatoms. The van der Waals surface area contributed by atoms with E-state index in [0.29, 0.717) is 33.9 Å². The van der Waals surface area contributed by atoms with Crippen LogP contribution >= 0.6 is 0 Å². The molecule has 1 radical (unpaired) electrons. The molecule has 0 amide bonds. The number of imidazole rings is 1. The molecule has 341 valence electrons. The molecule has 0 spiro atoms. The molecule has 0 unspecified atom stereocenters. The van der Waals surface area contributed by atoms with Crippen LogP contribution in [0.5, 0.6) is 0 Å². The first-order valence-electron chi connectivity index (χ1n) is 24.6. The summed E-state index contributed by atoms with van der Waals surface area (Å²) in [6, 6.07) is 77.7. The van der Waals surface area contributed by atoms with Gasteiger partial charge in [0.05, 0.1) is 28.1 Å². The molecule has 0 aliphatic heterocycles. The molecule has 70 heavy (non-hydrogen) atoms. The van der Waals surface area contributed by atoms with Gasteiger partial charge in [0, 0.05) is 46.4 Å². The van der Waals surface area contributed by atoms with E-state index < -0.39 is 20.1 Å². The Morgan fingerprint density at radius 3 is 1.94 bits per heavy atom. The van der Waals surface area contributed by atoms with E-state index in [4.69, 9.17) is 18.5 Å². The van der Waals surface area contributed by atoms with Crippen molar-refractivity contribution in [3.8, 4) is 73.0 Å². The molecule has 4 heterocycles. The summed E-state index contributed by atoms with van der Waals surface area (Å²) < 4.78 is 35.1. The number of hydrogen-bond donors (Lipinski definition) is 0. The van der Waals surface area contributed by atoms with Crippen LogP contribution in [0.3, 0.4) is 0 Å². The first-order valence-corrected chi connectivity index (χ1v) is 30.4. The van der Waals surface area contributed by atoms with E-state index in [1.807, 2.05) is 103 Å². The Balaban J connectivity index is 0.000000307. The molecule has 0 fully saturated rings. The minimum Gasteiger partial charge on any atom is 0 e. The molecule has 0 aliphatic rings. The molecule has 8 aromatic carbocycles. The molecular formula is C63H48GeIrN4O-2. The summed E-state index contributed by atoms with van der Waals surface area (Å²) in [5.41, 5.74) is 14.1. The third-order valence-corrected chi connectivity index (χ3v) is 16.8. The van der Waals surface area contributed by atoms with Gasteiger partial charge < -0.3 is 8.98 Å². The Morgan fingerprint density at radius 2 is 1.24 bits per heavy atom. The van der Waals surface area contributed by atoms with Gasteiger partial charge in [-0.1, -0.05) is 150 Å². The SMILES string of the molecule is [2H]C([2H])([2H])c1ccccc1-c1ccc2c(n1)oc1c(-c3nc4ccccc4n3-c3ccc(-c4ccccc4)cc3-c3ccccc3)[c-]cc(-c3ccccc3)c12.[CH3][Ge]([CH3])([CH3])[c]1ccc(-c2[c-]cccc2)nc1.[Ir]. The minimum atomic E-state index is -2.30. The van der Waals surface area contributed by atoms with Gasteiger partial charge in [-0.2, -0.15) is 0 Å². The second-order valence-electron chi connectivity index (χ2n) is 18.0. The predicted molar refractivity (Wildman–Crippen MR) is 288 cm³/mol. The first-order chi connectivity index (χ1) is 35.0. The predicted octanol–water partition coefficient (Wildman–Crippen LogP) is 15.9. The minimum absolute atomic E-state index is 0. The zero-order chi connectivity index (χ0) is 49.4. The van der Waals surface area contributed by atoms with E-state index in [0.717, 1.165) is 72.1 Å². The molecule has 0 aliphatic carbocycles. The zero-order valence-electron chi connectivity index (χ0n) is 41.8. The second-order valence-corrected chi connectivity index (χ2v) is 28.7. The van der Waals surface area contributed by atoms with Crippen molar-refractivity contribution in [2.75, 3.05) is 0 Å². The summed E-state index contributed by atoms with van der Waals surface area (Å²) in [4.78, 5) is 14.8. The molecule has 12 aromatic rings. The number of fused-ring (bicyclic) bond motifs is 4. The fraction of sp³-hybridized carbons (Fsp3) is 0.0635. The molecule has 0 saturated heterocycles. The Kier molecular flexibility index (Phi) is 12.1. The van der Waals surface area contributed by atoms with E-state index in [-0.39, 0.29) is 25.7 Å². The largest absolute Gasteiger partial charge is 0 e. The van der Waals surface area contributed by atoms with E-state index in [2.05, 4.69) is 136 Å². The van der Waals surface area contributed by atoms with Gasteiger partial charge in [-0.3, -0.25) is 4.98 Å². The van der Waals surface area contributed by atoms with Gasteiger partial charge in [0.15, 0.2) is 0 Å². The third kappa shape index (κ3) is 9.10. The van der Waals surface area contributed by atoms with E-state index >= 15 is 0 Å². The molecule has 5 nitrogen and oxygen atoms in total. The monoisotopic (exact) mass is 1150 g/mol. The summed E-state index contributed by atoms with van der Waals surface area (Å²) in [5, 5.41) is 1.69. The number of hydrogen-bond acceptors (Lipinski definition) is 4. The van der Waals surface area contributed by atoms with E-state index in [1.165, 1.54) is 4.40 Å². The molecular weight excluding hydrogens is 1090 g/mol. The van der Waals surface area contributed by atoms with Gasteiger partial charge in [-0.05, 0) is 70.9 Å². The van der Waals surface area contributed by atoms with Gasteiger partial charge in [-0.15, -0.1) is 12.1 Å². The molecule has 0 atom stereocenters. The maximum absolute atomic E-state index is 8.19. The third-order valence-electron chi connectivity index (χ3n) is 12.5. The van der Waals surface area contributed by atoms with Gasteiger partial charge in [0.1, 0.15) is 0 Å². The van der Waals surface area contributed by atoms with Crippen molar-refractivity contribution in [1.29, 1.82) is 0 Å². The molecule has 0 bridgehead atoms. The number of nitrogens with zero attached hydrogens (tertiary/aromatic N) is 4. The summed E-state index contributed by atoms with van der Waals surface area (Å²) in [6.45, 7) is -2.30. The number of benzene rings is 8. The number of para-hydroxylation sites is 2. The summed E-state index contributed by atoms with van der Waals surface area (Å²) in [6.07, 6.45) is 2.04. The summed E-state index contributed by atoms with van der Waals surface area (Å²) >= 11 is -1.72. The number of aromatic nitrogens is 4. The van der Waals surface area contributed by atoms with Crippen molar-refractivity contribution in [2.24, 2.45) is 0 Å². The van der Waals surface area contributed by atoms with E-state index in [1.54, 1.807) is 18.2 Å². The smallest absolute Gasteiger partial charge is 0 e. The first kappa shape index (κ1) is 42.6. The number of rotatable bonds is 8. The van der Waals surface area contributed by atoms with Gasteiger partial charge >= 0.3 is 99.8 Å². The number of aryl methyl sites for hydroxylation is 1. The maximum atomic E-state index is 8.19. The standard InChI is InChI=1S/C49H32N3O.C14H16GeN.Ir/c1-32-15-11-12-22-37(32)42-29-28-39-46-38(34-18-7-3-8-19-34)26-27-40(47(46)53-49(39)51-42)48-50-43-23-13-14-24-45(43)52(48)44-30-25-36(33-16-5-2-6-17-33)31-41(44)35-20-9-4-10-21-35;1-15(2,3)13-9-10-14(16-11-13)12-7-5-4-6-8-12;/h2-26,28-31H,1H3;4-7,9-11H,1-3H3;/q2*-1;/i1D3;;. The topological polar surface area (TPSA) is 56.7 Å². The van der Waals surface area contributed by atoms with Crippen LogP contribution in [0.25, 0.3) is 106 Å². The quantitative estimate of drug-likeness (QED) is 0.112. The zero-order valence-corrected chi connectivity index (χ0v) is 43.3. The number of pyridine rings is 2. The van der Waals surface area contributed by atoms with Crippen LogP contribution in [-0.2, 0) is 20.1 Å². The van der Waals surface area contributed by atoms with Crippen LogP contribution in [0.1, 0.15) is 9.68 Å². The second kappa shape index (κ2) is 19.9. The fourth-order valence-electron chi connectivity index (χ4n) is 8.95. The molecule has 0 saturated carbocycles. The van der Waals surface area contributed by atoms with Gasteiger partial charge in [-0.25, -0.2) is 4.98 Å². The summed E-state index contributed by atoms with van der Waals surface area (Å²) in [5.74, 6) is 7.81. The Hall–Kier alpha value is -7.48. The number of furan rings is 1. The fourth-order valence-corrected chi connectivity index (χ4v) is 11.1. The van der Waals surface area contributed by atoms with Crippen LogP contribution in [-0.4, -0.2) is 32.8 Å². The Labute approximate surface area is 429 Å². The van der Waals surface area contributed by atoms with Crippen molar-refractivity contribution in [2.45, 2.75) is 24.1 Å². The van der Waals surface area contributed by atoms with Crippen LogP contribution in [0.15, 0.2) is 223 Å². The van der Waals surface area contributed by atoms with Crippen LogP contribution in [0.2, 0.25) is 17.3 Å². The van der Waals surface area contributed by atoms with Crippen LogP contribution < -0.4 is 4.40 Å².